The highest BCUT2D eigenvalue weighted by Crippen LogP contribution is 2.06. The molecule has 5 atom stereocenters. The number of benzene rings is 1. The van der Waals surface area contributed by atoms with Crippen molar-refractivity contribution in [1.29, 1.82) is 0 Å². The van der Waals surface area contributed by atoms with Gasteiger partial charge in [-0.25, -0.2) is 4.79 Å². The van der Waals surface area contributed by atoms with E-state index < -0.39 is 54.0 Å². The molecule has 178 valence electrons. The van der Waals surface area contributed by atoms with Crippen molar-refractivity contribution >= 4 is 36.3 Å². The topological polar surface area (TPSA) is 171 Å². The summed E-state index contributed by atoms with van der Waals surface area (Å²) in [4.78, 5) is 49.1. The quantitative estimate of drug-likeness (QED) is 0.194. The molecule has 0 saturated carbocycles. The number of aliphatic carboxylic acids is 1. The second-order valence-electron chi connectivity index (χ2n) is 7.83. The summed E-state index contributed by atoms with van der Waals surface area (Å²) in [6, 6.07) is 4.22. The van der Waals surface area contributed by atoms with E-state index in [1.807, 2.05) is 0 Å². The number of nitrogens with two attached hydrogens (primary N) is 1. The molecule has 0 saturated heterocycles. The number of carbonyl (C=O) groups is 4. The highest BCUT2D eigenvalue weighted by molar-refractivity contribution is 7.80. The molecule has 32 heavy (non-hydrogen) atoms. The van der Waals surface area contributed by atoms with Gasteiger partial charge in [-0.3, -0.25) is 14.4 Å². The third-order valence-corrected chi connectivity index (χ3v) is 5.15. The summed E-state index contributed by atoms with van der Waals surface area (Å²) < 4.78 is 0. The zero-order valence-corrected chi connectivity index (χ0v) is 19.2. The first-order valence-corrected chi connectivity index (χ1v) is 10.8. The third-order valence-electron chi connectivity index (χ3n) is 4.78. The molecule has 5 unspecified atom stereocenters. The number of hydrogen-bond donors (Lipinski definition) is 7. The van der Waals surface area contributed by atoms with Crippen LogP contribution in [0.5, 0.6) is 0 Å². The second kappa shape index (κ2) is 13.0. The van der Waals surface area contributed by atoms with Gasteiger partial charge >= 0.3 is 5.97 Å². The van der Waals surface area contributed by atoms with Crippen LogP contribution in [0.1, 0.15) is 26.3 Å². The molecule has 1 aromatic rings. The Balaban J connectivity index is 2.84. The SMILES string of the molecule is CC(C)C(NC(=O)C(N)C(C)O)C(=O)NC(CS)C(=O)NC(Cc1ccccc1)C(=O)O. The highest BCUT2D eigenvalue weighted by Gasteiger charge is 2.31. The average Bonchev–Trinajstić information content (AvgIpc) is 2.74. The van der Waals surface area contributed by atoms with Crippen molar-refractivity contribution in [3.05, 3.63) is 35.9 Å². The minimum absolute atomic E-state index is 0.0665. The Morgan fingerprint density at radius 1 is 0.938 bits per heavy atom. The van der Waals surface area contributed by atoms with Crippen LogP contribution in [0.3, 0.4) is 0 Å². The molecule has 7 N–H and O–H groups in total. The van der Waals surface area contributed by atoms with Crippen LogP contribution in [0.15, 0.2) is 30.3 Å². The average molecular weight is 469 g/mol. The maximum Gasteiger partial charge on any atom is 0.326 e. The largest absolute Gasteiger partial charge is 0.480 e. The first-order chi connectivity index (χ1) is 15.0. The lowest BCUT2D eigenvalue weighted by atomic mass is 10.0. The predicted molar refractivity (Wildman–Crippen MR) is 122 cm³/mol. The van der Waals surface area contributed by atoms with Crippen molar-refractivity contribution in [1.82, 2.24) is 16.0 Å². The van der Waals surface area contributed by atoms with Crippen molar-refractivity contribution in [3.8, 4) is 0 Å². The number of aliphatic hydroxyl groups is 1. The molecule has 11 heteroatoms. The Morgan fingerprint density at radius 2 is 1.50 bits per heavy atom. The maximum absolute atomic E-state index is 12.7. The lowest BCUT2D eigenvalue weighted by Crippen LogP contribution is -2.59. The van der Waals surface area contributed by atoms with Gasteiger partial charge in [-0.05, 0) is 18.4 Å². The summed E-state index contributed by atoms with van der Waals surface area (Å²) in [6.45, 7) is 4.73. The minimum atomic E-state index is -1.22. The molecule has 1 aromatic carbocycles. The van der Waals surface area contributed by atoms with Crippen LogP contribution >= 0.6 is 12.6 Å². The Morgan fingerprint density at radius 3 is 1.97 bits per heavy atom. The number of carboxylic acid groups (broad SMARTS) is 1. The van der Waals surface area contributed by atoms with E-state index in [2.05, 4.69) is 28.6 Å². The van der Waals surface area contributed by atoms with E-state index in [9.17, 15) is 29.4 Å². The number of aliphatic hydroxyl groups excluding tert-OH is 1. The summed E-state index contributed by atoms with van der Waals surface area (Å²) in [5.41, 5.74) is 6.33. The number of nitrogens with one attached hydrogen (secondary N) is 3. The van der Waals surface area contributed by atoms with E-state index in [1.54, 1.807) is 44.2 Å². The summed E-state index contributed by atoms with van der Waals surface area (Å²) in [7, 11) is 0. The van der Waals surface area contributed by atoms with Gasteiger partial charge in [0.15, 0.2) is 0 Å². The van der Waals surface area contributed by atoms with Gasteiger partial charge < -0.3 is 31.9 Å². The molecule has 0 aromatic heterocycles. The van der Waals surface area contributed by atoms with E-state index in [0.29, 0.717) is 0 Å². The molecule has 1 rings (SSSR count). The van der Waals surface area contributed by atoms with Crippen LogP contribution in [0.25, 0.3) is 0 Å². The Hall–Kier alpha value is -2.63. The Kier molecular flexibility index (Phi) is 11.2. The number of thiol groups is 1. The molecule has 0 aliphatic heterocycles. The summed E-state index contributed by atoms with van der Waals surface area (Å²) >= 11 is 4.09. The first-order valence-electron chi connectivity index (χ1n) is 10.2. The Bertz CT molecular complexity index is 790. The maximum atomic E-state index is 12.7. The van der Waals surface area contributed by atoms with E-state index in [-0.39, 0.29) is 18.1 Å². The number of carboxylic acids is 1. The van der Waals surface area contributed by atoms with Crippen molar-refractivity contribution in [2.24, 2.45) is 11.7 Å². The van der Waals surface area contributed by atoms with Crippen LogP contribution in [-0.4, -0.2) is 69.9 Å². The lowest BCUT2D eigenvalue weighted by molar-refractivity contribution is -0.142. The van der Waals surface area contributed by atoms with E-state index in [4.69, 9.17) is 5.73 Å². The van der Waals surface area contributed by atoms with E-state index >= 15 is 0 Å². The monoisotopic (exact) mass is 468 g/mol. The molecular weight excluding hydrogens is 436 g/mol. The third kappa shape index (κ3) is 8.48. The molecule has 10 nitrogen and oxygen atoms in total. The zero-order valence-electron chi connectivity index (χ0n) is 18.3. The van der Waals surface area contributed by atoms with Gasteiger partial charge in [0.25, 0.3) is 0 Å². The molecule has 3 amide bonds. The summed E-state index contributed by atoms with van der Waals surface area (Å²) in [5.74, 6) is -3.75. The number of carbonyl (C=O) groups excluding carboxylic acids is 3. The number of rotatable bonds is 12. The lowest BCUT2D eigenvalue weighted by Gasteiger charge is -2.26. The van der Waals surface area contributed by atoms with Crippen molar-refractivity contribution < 1.29 is 29.4 Å². The molecule has 0 radical (unpaired) electrons. The van der Waals surface area contributed by atoms with Gasteiger partial charge in [0.05, 0.1) is 6.10 Å². The van der Waals surface area contributed by atoms with Crippen LogP contribution in [0, 0.1) is 5.92 Å². The molecule has 0 spiro atoms. The van der Waals surface area contributed by atoms with E-state index in [1.165, 1.54) is 6.92 Å². The highest BCUT2D eigenvalue weighted by atomic mass is 32.1. The standard InChI is InChI=1S/C21H32N4O6S/c1-11(2)17(25-19(28)16(22)12(3)26)20(29)24-15(10-32)18(27)23-14(21(30)31)9-13-7-5-4-6-8-13/h4-8,11-12,14-17,26,32H,9-10,22H2,1-3H3,(H,23,27)(H,24,29)(H,25,28)(H,30,31). The molecule has 0 heterocycles. The normalized spacial score (nSPS) is 15.7. The predicted octanol–water partition coefficient (Wildman–Crippen LogP) is -0.938. The van der Waals surface area contributed by atoms with Crippen molar-refractivity contribution in [3.63, 3.8) is 0 Å². The number of amides is 3. The van der Waals surface area contributed by atoms with Gasteiger partial charge in [0.2, 0.25) is 17.7 Å². The molecule has 0 aliphatic rings. The van der Waals surface area contributed by atoms with Gasteiger partial charge in [-0.1, -0.05) is 44.2 Å². The summed E-state index contributed by atoms with van der Waals surface area (Å²) in [5, 5.41) is 26.3. The van der Waals surface area contributed by atoms with Gasteiger partial charge in [-0.2, -0.15) is 12.6 Å². The van der Waals surface area contributed by atoms with Gasteiger partial charge in [0.1, 0.15) is 24.2 Å². The zero-order chi connectivity index (χ0) is 24.4. The molecular formula is C21H32N4O6S. The van der Waals surface area contributed by atoms with Crippen LogP contribution in [-0.2, 0) is 25.6 Å². The van der Waals surface area contributed by atoms with Crippen molar-refractivity contribution in [2.75, 3.05) is 5.75 Å². The summed E-state index contributed by atoms with van der Waals surface area (Å²) in [6.07, 6.45) is -1.05. The minimum Gasteiger partial charge on any atom is -0.480 e. The van der Waals surface area contributed by atoms with Crippen molar-refractivity contribution in [2.45, 2.75) is 57.5 Å². The Labute approximate surface area is 192 Å². The number of hydrogen-bond acceptors (Lipinski definition) is 7. The fourth-order valence-corrected chi connectivity index (χ4v) is 3.04. The smallest absolute Gasteiger partial charge is 0.326 e. The molecule has 0 fully saturated rings. The molecule has 0 bridgehead atoms. The van der Waals surface area contributed by atoms with E-state index in [0.717, 1.165) is 5.56 Å². The fourth-order valence-electron chi connectivity index (χ4n) is 2.78. The van der Waals surface area contributed by atoms with Crippen LogP contribution in [0.4, 0.5) is 0 Å². The van der Waals surface area contributed by atoms with Crippen LogP contribution in [0.2, 0.25) is 0 Å². The first kappa shape index (κ1) is 27.4. The van der Waals surface area contributed by atoms with Gasteiger partial charge in [-0.15, -0.1) is 0 Å². The second-order valence-corrected chi connectivity index (χ2v) is 8.19. The fraction of sp³-hybridized carbons (Fsp3) is 0.524. The van der Waals surface area contributed by atoms with Gasteiger partial charge in [0, 0.05) is 12.2 Å². The molecule has 0 aliphatic carbocycles. The van der Waals surface area contributed by atoms with Crippen LogP contribution < -0.4 is 21.7 Å².